The second-order valence-electron chi connectivity index (χ2n) is 14.4. The number of likely N-dealkylation sites (tertiary alicyclic amines) is 1. The number of allylic oxidation sites excluding steroid dienone is 1. The zero-order chi connectivity index (χ0) is 35.3. The molecule has 268 valence electrons. The molecule has 0 aromatic heterocycles. The molecule has 1 saturated carbocycles. The van der Waals surface area contributed by atoms with Gasteiger partial charge in [0.1, 0.15) is 17.7 Å². The second-order valence-corrected chi connectivity index (χ2v) is 15.6. The first kappa shape index (κ1) is 37.2. The minimum Gasteiger partial charge on any atom is -0.455 e. The quantitative estimate of drug-likeness (QED) is 0.141. The molecule has 3 amide bonds. The lowest BCUT2D eigenvalue weighted by Crippen LogP contribution is -2.60. The molecule has 1 aromatic carbocycles. The van der Waals surface area contributed by atoms with Gasteiger partial charge in [0, 0.05) is 23.8 Å². The summed E-state index contributed by atoms with van der Waals surface area (Å²) in [5.41, 5.74) is -0.581. The maximum Gasteiger partial charge on any atom is 0.313 e. The van der Waals surface area contributed by atoms with Gasteiger partial charge in [0.15, 0.2) is 0 Å². The number of carbonyl (C=O) groups is 4. The van der Waals surface area contributed by atoms with E-state index in [1.165, 1.54) is 0 Å². The van der Waals surface area contributed by atoms with Crippen molar-refractivity contribution >= 4 is 39.6 Å². The van der Waals surface area contributed by atoms with Crippen LogP contribution in [0.1, 0.15) is 83.3 Å². The second kappa shape index (κ2) is 16.3. The number of esters is 1. The number of halogens is 1. The Hall–Kier alpha value is -3.02. The minimum atomic E-state index is -1.28. The highest BCUT2D eigenvalue weighted by Gasteiger charge is 2.77. The van der Waals surface area contributed by atoms with Crippen LogP contribution in [0.15, 0.2) is 55.6 Å². The fourth-order valence-electron chi connectivity index (χ4n) is 8.58. The first-order chi connectivity index (χ1) is 23.6. The molecule has 4 fully saturated rings. The van der Waals surface area contributed by atoms with Crippen molar-refractivity contribution in [2.75, 3.05) is 19.7 Å². The van der Waals surface area contributed by atoms with Gasteiger partial charge in [-0.05, 0) is 43.6 Å². The van der Waals surface area contributed by atoms with Crippen molar-refractivity contribution in [2.24, 2.45) is 17.8 Å². The largest absolute Gasteiger partial charge is 0.455 e. The minimum absolute atomic E-state index is 0.0109. The third-order valence-corrected chi connectivity index (χ3v) is 11.5. The number of aliphatic hydroxyl groups excluding tert-OH is 1. The molecule has 1 unspecified atom stereocenters. The Morgan fingerprint density at radius 1 is 1.16 bits per heavy atom. The summed E-state index contributed by atoms with van der Waals surface area (Å²) < 4.78 is 13.0. The molecule has 1 aromatic rings. The summed E-state index contributed by atoms with van der Waals surface area (Å²) in [5.74, 6) is -3.21. The lowest BCUT2D eigenvalue weighted by atomic mass is 9.70. The first-order valence-corrected chi connectivity index (χ1v) is 18.8. The summed E-state index contributed by atoms with van der Waals surface area (Å²) in [4.78, 5) is 59.7. The summed E-state index contributed by atoms with van der Waals surface area (Å²) in [6, 6.07) is 7.54. The van der Waals surface area contributed by atoms with E-state index in [2.05, 4.69) is 34.4 Å². The van der Waals surface area contributed by atoms with E-state index in [0.717, 1.165) is 32.1 Å². The Morgan fingerprint density at radius 2 is 1.88 bits per heavy atom. The Labute approximate surface area is 298 Å². The van der Waals surface area contributed by atoms with E-state index < -0.39 is 47.7 Å². The van der Waals surface area contributed by atoms with Crippen LogP contribution in [0.5, 0.6) is 0 Å². The van der Waals surface area contributed by atoms with Crippen molar-refractivity contribution in [2.45, 2.75) is 112 Å². The van der Waals surface area contributed by atoms with Gasteiger partial charge < -0.3 is 29.7 Å². The van der Waals surface area contributed by atoms with E-state index in [1.54, 1.807) is 17.1 Å². The lowest BCUT2D eigenvalue weighted by Gasteiger charge is -2.42. The third kappa shape index (κ3) is 7.54. The highest BCUT2D eigenvalue weighted by atomic mass is 79.9. The molecule has 2 bridgehead atoms. The fraction of sp³-hybridized carbons (Fsp3) is 0.632. The van der Waals surface area contributed by atoms with Crippen molar-refractivity contribution in [1.82, 2.24) is 15.1 Å². The molecule has 5 rings (SSSR count). The van der Waals surface area contributed by atoms with Crippen LogP contribution in [0.4, 0.5) is 0 Å². The number of nitrogens with one attached hydrogen (secondary N) is 1. The number of aliphatic hydroxyl groups is 1. The van der Waals surface area contributed by atoms with E-state index in [4.69, 9.17) is 9.47 Å². The molecule has 3 heterocycles. The van der Waals surface area contributed by atoms with Gasteiger partial charge in [0.05, 0.1) is 37.1 Å². The Kier molecular flexibility index (Phi) is 12.4. The smallest absolute Gasteiger partial charge is 0.313 e. The average Bonchev–Trinajstić information content (AvgIpc) is 3.70. The van der Waals surface area contributed by atoms with E-state index >= 15 is 0 Å². The SMILES string of the molecule is C=CCCC(=O)NC[C@@H](OC(=O)[C@H]1[C@@H]2O[C@@]3(CC2Br)[C@@H]1C(=O)N([C@@H](CO)CC(C)C)[C@@H]3C(=O)N(CC=C)C1CCCCC1)c1ccccc1. The van der Waals surface area contributed by atoms with Crippen molar-refractivity contribution in [3.05, 3.63) is 61.2 Å². The van der Waals surface area contributed by atoms with Gasteiger partial charge in [-0.2, -0.15) is 0 Å². The van der Waals surface area contributed by atoms with Crippen molar-refractivity contribution in [1.29, 1.82) is 0 Å². The molecule has 1 spiro atoms. The number of benzene rings is 1. The monoisotopic (exact) mass is 741 g/mol. The summed E-state index contributed by atoms with van der Waals surface area (Å²) in [5, 5.41) is 13.6. The van der Waals surface area contributed by atoms with Gasteiger partial charge in [-0.1, -0.05) is 91.5 Å². The van der Waals surface area contributed by atoms with Crippen molar-refractivity contribution in [3.8, 4) is 0 Å². The Bertz CT molecular complexity index is 1370. The fourth-order valence-corrected chi connectivity index (χ4v) is 9.52. The summed E-state index contributed by atoms with van der Waals surface area (Å²) in [7, 11) is 0. The third-order valence-electron chi connectivity index (χ3n) is 10.7. The maximum atomic E-state index is 14.9. The van der Waals surface area contributed by atoms with Gasteiger partial charge >= 0.3 is 5.97 Å². The number of fused-ring (bicyclic) bond motifs is 1. The molecule has 0 radical (unpaired) electrons. The molecule has 8 atom stereocenters. The molecule has 4 aliphatic rings. The molecule has 1 aliphatic carbocycles. The van der Waals surface area contributed by atoms with Crippen LogP contribution in [0, 0.1) is 17.8 Å². The average molecular weight is 743 g/mol. The number of rotatable bonds is 16. The highest BCUT2D eigenvalue weighted by molar-refractivity contribution is 9.09. The summed E-state index contributed by atoms with van der Waals surface area (Å²) in [6.45, 7) is 11.7. The number of hydrogen-bond acceptors (Lipinski definition) is 7. The highest BCUT2D eigenvalue weighted by Crippen LogP contribution is 2.61. The zero-order valence-corrected chi connectivity index (χ0v) is 30.4. The van der Waals surface area contributed by atoms with Gasteiger partial charge in [0.2, 0.25) is 17.7 Å². The van der Waals surface area contributed by atoms with E-state index in [-0.39, 0.29) is 54.1 Å². The van der Waals surface area contributed by atoms with Gasteiger partial charge in [-0.15, -0.1) is 13.2 Å². The number of carbonyl (C=O) groups excluding carboxylic acids is 4. The van der Waals surface area contributed by atoms with Crippen LogP contribution in [-0.4, -0.2) is 93.0 Å². The predicted molar refractivity (Wildman–Crippen MR) is 189 cm³/mol. The van der Waals surface area contributed by atoms with E-state index in [0.29, 0.717) is 31.4 Å². The topological polar surface area (TPSA) is 125 Å². The van der Waals surface area contributed by atoms with Gasteiger partial charge in [0.25, 0.3) is 0 Å². The van der Waals surface area contributed by atoms with E-state index in [1.807, 2.05) is 49.1 Å². The molecular weight excluding hydrogens is 690 g/mol. The zero-order valence-electron chi connectivity index (χ0n) is 28.8. The number of amides is 3. The summed E-state index contributed by atoms with van der Waals surface area (Å²) in [6.07, 6.45) is 8.42. The Morgan fingerprint density at radius 3 is 2.51 bits per heavy atom. The lowest BCUT2D eigenvalue weighted by molar-refractivity contribution is -0.161. The molecule has 11 heteroatoms. The summed E-state index contributed by atoms with van der Waals surface area (Å²) >= 11 is 3.76. The van der Waals surface area contributed by atoms with Crippen LogP contribution in [0.3, 0.4) is 0 Å². The van der Waals surface area contributed by atoms with Crippen LogP contribution in [0.25, 0.3) is 0 Å². The number of nitrogens with zero attached hydrogens (tertiary/aromatic N) is 2. The predicted octanol–water partition coefficient (Wildman–Crippen LogP) is 4.86. The normalized spacial score (nSPS) is 29.0. The number of ether oxygens (including phenoxy) is 2. The van der Waals surface area contributed by atoms with Crippen LogP contribution < -0.4 is 5.32 Å². The molecule has 2 N–H and O–H groups in total. The molecular formula is C38H52BrN3O7. The molecule has 10 nitrogen and oxygen atoms in total. The maximum absolute atomic E-state index is 14.9. The standard InChI is InChI=1S/C38H52BrN3O7/c1-5-7-18-30(44)40-22-29(25-14-10-8-11-15-25)48-37(47)31-32-35(45)42(27(23-43)20-24(3)4)34(38(32)21-28(39)33(31)49-38)36(46)41(19-6-2)26-16-12-9-13-17-26/h5-6,8,10-11,14-15,24,26-29,31-34,43H,1-2,7,9,12-13,16-23H2,3-4H3,(H,40,44)/t27-,28?,29-,31-,32+,33-,34-,38+/m1/s1. The first-order valence-electron chi connectivity index (χ1n) is 17.9. The van der Waals surface area contributed by atoms with Crippen LogP contribution in [-0.2, 0) is 28.7 Å². The van der Waals surface area contributed by atoms with Crippen LogP contribution in [0.2, 0.25) is 0 Å². The van der Waals surface area contributed by atoms with Gasteiger partial charge in [-0.3, -0.25) is 19.2 Å². The number of hydrogen-bond donors (Lipinski definition) is 2. The molecule has 3 aliphatic heterocycles. The molecule has 49 heavy (non-hydrogen) atoms. The number of alkyl halides is 1. The van der Waals surface area contributed by atoms with Crippen LogP contribution >= 0.6 is 15.9 Å². The molecule has 3 saturated heterocycles. The van der Waals surface area contributed by atoms with Crippen molar-refractivity contribution < 1.29 is 33.8 Å². The Balaban J connectivity index is 1.50. The van der Waals surface area contributed by atoms with Crippen molar-refractivity contribution in [3.63, 3.8) is 0 Å². The van der Waals surface area contributed by atoms with E-state index in [9.17, 15) is 24.3 Å². The van der Waals surface area contributed by atoms with Gasteiger partial charge in [-0.25, -0.2) is 0 Å².